The van der Waals surface area contributed by atoms with Crippen molar-refractivity contribution in [3.63, 3.8) is 0 Å². The molecule has 112 valence electrons. The van der Waals surface area contributed by atoms with Gasteiger partial charge in [0.15, 0.2) is 0 Å². The Bertz CT molecular complexity index is 649. The minimum absolute atomic E-state index is 0.0778. The summed E-state index contributed by atoms with van der Waals surface area (Å²) in [4.78, 5) is 0. The van der Waals surface area contributed by atoms with E-state index >= 15 is 0 Å². The Labute approximate surface area is 125 Å². The van der Waals surface area contributed by atoms with E-state index in [2.05, 4.69) is 0 Å². The number of hydrogen-bond acceptors (Lipinski definition) is 4. The monoisotopic (exact) mass is 286 g/mol. The summed E-state index contributed by atoms with van der Waals surface area (Å²) in [6.07, 6.45) is 5.31. The van der Waals surface area contributed by atoms with Crippen LogP contribution in [0.2, 0.25) is 0 Å². The Hall–Kier alpha value is -2.04. The zero-order valence-electron chi connectivity index (χ0n) is 12.6. The predicted molar refractivity (Wildman–Crippen MR) is 85.1 cm³/mol. The van der Waals surface area contributed by atoms with Crippen LogP contribution < -0.4 is 11.5 Å². The summed E-state index contributed by atoms with van der Waals surface area (Å²) in [5, 5.41) is 19.6. The summed E-state index contributed by atoms with van der Waals surface area (Å²) < 4.78 is 0. The van der Waals surface area contributed by atoms with Gasteiger partial charge in [0.2, 0.25) is 0 Å². The average molecular weight is 286 g/mol. The Kier molecular flexibility index (Phi) is 3.94. The van der Waals surface area contributed by atoms with Gasteiger partial charge in [-0.15, -0.1) is 0 Å². The van der Waals surface area contributed by atoms with Crippen LogP contribution in [-0.4, -0.2) is 10.2 Å². The molecule has 1 aromatic rings. The Morgan fingerprint density at radius 2 is 1.90 bits per heavy atom. The van der Waals surface area contributed by atoms with Gasteiger partial charge in [-0.3, -0.25) is 0 Å². The van der Waals surface area contributed by atoms with Gasteiger partial charge in [0, 0.05) is 17.3 Å². The molecule has 2 atom stereocenters. The predicted octanol–water partition coefficient (Wildman–Crippen LogP) is 2.44. The molecule has 0 spiro atoms. The van der Waals surface area contributed by atoms with Crippen molar-refractivity contribution in [3.8, 4) is 0 Å². The molecule has 1 aliphatic carbocycles. The molecule has 0 amide bonds. The van der Waals surface area contributed by atoms with E-state index in [-0.39, 0.29) is 11.7 Å². The van der Waals surface area contributed by atoms with Gasteiger partial charge in [-0.2, -0.15) is 0 Å². The van der Waals surface area contributed by atoms with E-state index in [1.807, 2.05) is 32.1 Å². The number of aliphatic hydroxyl groups is 2. The number of allylic oxidation sites excluding steroid dienone is 4. The SMILES string of the molecule is Cc1cc(C(C)(N)O)ccc1C1=C[C@H](C)C=C(O)C=C1N. The maximum Gasteiger partial charge on any atom is 0.136 e. The molecule has 0 saturated heterocycles. The second-order valence-corrected chi connectivity index (χ2v) is 5.81. The van der Waals surface area contributed by atoms with E-state index in [0.717, 1.165) is 16.7 Å². The van der Waals surface area contributed by atoms with Crippen molar-refractivity contribution in [3.05, 3.63) is 64.6 Å². The number of aryl methyl sites for hydroxylation is 1. The molecule has 1 aromatic carbocycles. The lowest BCUT2D eigenvalue weighted by molar-refractivity contribution is 0.0646. The standard InChI is InChI=1S/C17H22N2O2/c1-10-6-13(20)9-16(18)15(7-10)14-5-4-12(8-11(14)2)17(3,19)21/h4-10,20-21H,18-19H2,1-3H3/t10-,17?/m1/s1. The van der Waals surface area contributed by atoms with E-state index in [9.17, 15) is 10.2 Å². The summed E-state index contributed by atoms with van der Waals surface area (Å²) in [5.74, 6) is 0.249. The maximum atomic E-state index is 9.87. The van der Waals surface area contributed by atoms with Gasteiger partial charge in [0.25, 0.3) is 0 Å². The Morgan fingerprint density at radius 3 is 2.48 bits per heavy atom. The van der Waals surface area contributed by atoms with Gasteiger partial charge in [-0.1, -0.05) is 31.2 Å². The zero-order chi connectivity index (χ0) is 15.8. The Morgan fingerprint density at radius 1 is 1.24 bits per heavy atom. The first-order chi connectivity index (χ1) is 9.68. The summed E-state index contributed by atoms with van der Waals surface area (Å²) in [6, 6.07) is 5.54. The molecule has 0 aromatic heterocycles. The molecule has 2 rings (SSSR count). The number of hydrogen-bond donors (Lipinski definition) is 4. The summed E-state index contributed by atoms with van der Waals surface area (Å²) >= 11 is 0. The molecule has 1 aliphatic rings. The van der Waals surface area contributed by atoms with Crippen LogP contribution in [0.1, 0.15) is 30.5 Å². The summed E-state index contributed by atoms with van der Waals surface area (Å²) in [5.41, 5.74) is 14.4. The van der Waals surface area contributed by atoms with Gasteiger partial charge in [0.1, 0.15) is 11.5 Å². The molecular weight excluding hydrogens is 264 g/mol. The second-order valence-electron chi connectivity index (χ2n) is 5.81. The topological polar surface area (TPSA) is 92.5 Å². The molecule has 6 N–H and O–H groups in total. The average Bonchev–Trinajstić information content (AvgIpc) is 2.46. The van der Waals surface area contributed by atoms with E-state index in [1.54, 1.807) is 25.1 Å². The fourth-order valence-corrected chi connectivity index (χ4v) is 2.49. The molecule has 0 radical (unpaired) electrons. The molecule has 1 unspecified atom stereocenters. The maximum absolute atomic E-state index is 9.87. The van der Waals surface area contributed by atoms with E-state index in [0.29, 0.717) is 11.3 Å². The van der Waals surface area contributed by atoms with Crippen LogP contribution in [0.5, 0.6) is 0 Å². The fraction of sp³-hybridized carbons (Fsp3) is 0.294. The van der Waals surface area contributed by atoms with Gasteiger partial charge in [0.05, 0.1) is 0 Å². The molecule has 21 heavy (non-hydrogen) atoms. The molecule has 0 aliphatic heterocycles. The van der Waals surface area contributed by atoms with Crippen molar-refractivity contribution in [1.82, 2.24) is 0 Å². The van der Waals surface area contributed by atoms with Crippen LogP contribution in [0.15, 0.2) is 47.9 Å². The van der Waals surface area contributed by atoms with Crippen LogP contribution in [0.25, 0.3) is 5.57 Å². The molecule has 4 heteroatoms. The normalized spacial score (nSPS) is 21.8. The van der Waals surface area contributed by atoms with E-state index in [1.165, 1.54) is 0 Å². The van der Waals surface area contributed by atoms with Crippen molar-refractivity contribution in [2.45, 2.75) is 26.5 Å². The minimum atomic E-state index is -1.37. The molecule has 0 fully saturated rings. The highest BCUT2D eigenvalue weighted by Crippen LogP contribution is 2.30. The first-order valence-electron chi connectivity index (χ1n) is 6.91. The quantitative estimate of drug-likeness (QED) is 0.628. The lowest BCUT2D eigenvalue weighted by Crippen LogP contribution is -2.32. The fourth-order valence-electron chi connectivity index (χ4n) is 2.49. The van der Waals surface area contributed by atoms with Gasteiger partial charge in [-0.05, 0) is 42.5 Å². The van der Waals surface area contributed by atoms with Crippen LogP contribution in [-0.2, 0) is 5.72 Å². The van der Waals surface area contributed by atoms with Gasteiger partial charge in [-0.25, -0.2) is 0 Å². The molecule has 0 heterocycles. The van der Waals surface area contributed by atoms with Crippen molar-refractivity contribution in [2.24, 2.45) is 17.4 Å². The number of rotatable bonds is 2. The Balaban J connectivity index is 2.50. The first kappa shape index (κ1) is 15.4. The third kappa shape index (κ3) is 3.35. The lowest BCUT2D eigenvalue weighted by Gasteiger charge is -2.20. The molecule has 0 saturated carbocycles. The third-order valence-electron chi connectivity index (χ3n) is 3.58. The van der Waals surface area contributed by atoms with Crippen LogP contribution in [0, 0.1) is 12.8 Å². The van der Waals surface area contributed by atoms with E-state index in [4.69, 9.17) is 11.5 Å². The van der Waals surface area contributed by atoms with Crippen LogP contribution >= 0.6 is 0 Å². The summed E-state index contributed by atoms with van der Waals surface area (Å²) in [7, 11) is 0. The molecular formula is C17H22N2O2. The number of aliphatic hydroxyl groups excluding tert-OH is 1. The largest absolute Gasteiger partial charge is 0.508 e. The number of benzene rings is 1. The first-order valence-corrected chi connectivity index (χ1v) is 6.91. The lowest BCUT2D eigenvalue weighted by atomic mass is 9.92. The second kappa shape index (κ2) is 5.39. The molecule has 0 bridgehead atoms. The van der Waals surface area contributed by atoms with Crippen molar-refractivity contribution < 1.29 is 10.2 Å². The minimum Gasteiger partial charge on any atom is -0.508 e. The van der Waals surface area contributed by atoms with Gasteiger partial charge >= 0.3 is 0 Å². The van der Waals surface area contributed by atoms with Gasteiger partial charge < -0.3 is 21.7 Å². The third-order valence-corrected chi connectivity index (χ3v) is 3.58. The zero-order valence-corrected chi connectivity index (χ0v) is 12.6. The van der Waals surface area contributed by atoms with Crippen LogP contribution in [0.3, 0.4) is 0 Å². The smallest absolute Gasteiger partial charge is 0.136 e. The summed E-state index contributed by atoms with van der Waals surface area (Å²) in [6.45, 7) is 5.48. The highest BCUT2D eigenvalue weighted by molar-refractivity contribution is 5.81. The number of nitrogens with two attached hydrogens (primary N) is 2. The van der Waals surface area contributed by atoms with Crippen molar-refractivity contribution in [2.75, 3.05) is 0 Å². The van der Waals surface area contributed by atoms with Crippen LogP contribution in [0.4, 0.5) is 0 Å². The van der Waals surface area contributed by atoms with Crippen molar-refractivity contribution in [1.29, 1.82) is 0 Å². The van der Waals surface area contributed by atoms with Crippen molar-refractivity contribution >= 4 is 5.57 Å². The highest BCUT2D eigenvalue weighted by Gasteiger charge is 2.19. The highest BCUT2D eigenvalue weighted by atomic mass is 16.3. The van der Waals surface area contributed by atoms with E-state index < -0.39 is 5.72 Å². The molecule has 4 nitrogen and oxygen atoms in total.